The summed E-state index contributed by atoms with van der Waals surface area (Å²) in [5, 5.41) is 9.99. The second-order valence-electron chi connectivity index (χ2n) is 8.06. The van der Waals surface area contributed by atoms with Crippen molar-refractivity contribution in [2.75, 3.05) is 45.8 Å². The van der Waals surface area contributed by atoms with Gasteiger partial charge in [0.15, 0.2) is 0 Å². The minimum absolute atomic E-state index is 0.00391. The molecule has 1 aliphatic rings. The van der Waals surface area contributed by atoms with E-state index < -0.39 is 0 Å². The van der Waals surface area contributed by atoms with Gasteiger partial charge in [-0.05, 0) is 32.4 Å². The Bertz CT molecular complexity index is 999. The van der Waals surface area contributed by atoms with Crippen molar-refractivity contribution >= 4 is 28.8 Å². The molecule has 0 unspecified atom stereocenters. The number of fused-ring (bicyclic) bond motifs is 1. The van der Waals surface area contributed by atoms with Crippen LogP contribution in [-0.2, 0) is 16.1 Å². The highest BCUT2D eigenvalue weighted by atomic mass is 16.2. The first-order valence-corrected chi connectivity index (χ1v) is 11.5. The third kappa shape index (κ3) is 5.77. The number of aromatic nitrogens is 1. The lowest BCUT2D eigenvalue weighted by atomic mass is 10.1. The minimum Gasteiger partial charge on any atom is -0.346 e. The number of nitrogens with zero attached hydrogens (tertiary/aromatic N) is 5. The molecule has 2 aromatic rings. The van der Waals surface area contributed by atoms with Crippen molar-refractivity contribution in [3.8, 4) is 6.07 Å². The van der Waals surface area contributed by atoms with Gasteiger partial charge >= 0.3 is 0 Å². The van der Waals surface area contributed by atoms with Crippen LogP contribution in [0.1, 0.15) is 32.3 Å². The molecule has 1 aromatic carbocycles. The van der Waals surface area contributed by atoms with Crippen LogP contribution in [0.4, 0.5) is 0 Å². The van der Waals surface area contributed by atoms with E-state index in [-0.39, 0.29) is 11.8 Å². The Hall–Kier alpha value is -3.11. The highest BCUT2D eigenvalue weighted by Gasteiger charge is 2.21. The third-order valence-electron chi connectivity index (χ3n) is 6.06. The zero-order valence-electron chi connectivity index (χ0n) is 19.2. The van der Waals surface area contributed by atoms with Crippen molar-refractivity contribution in [2.24, 2.45) is 0 Å². The smallest absolute Gasteiger partial charge is 0.246 e. The Balaban J connectivity index is 1.63. The van der Waals surface area contributed by atoms with Crippen LogP contribution in [0.5, 0.6) is 0 Å². The molecule has 32 heavy (non-hydrogen) atoms. The summed E-state index contributed by atoms with van der Waals surface area (Å²) in [5.41, 5.74) is 2.05. The minimum atomic E-state index is -0.00391. The normalized spacial score (nSPS) is 15.1. The molecule has 0 radical (unpaired) electrons. The molecule has 1 saturated heterocycles. The quantitative estimate of drug-likeness (QED) is 0.598. The largest absolute Gasteiger partial charge is 0.346 e. The topological polar surface area (TPSA) is 72.6 Å². The number of aryl methyl sites for hydroxylation is 1. The van der Waals surface area contributed by atoms with E-state index in [9.17, 15) is 9.59 Å². The second kappa shape index (κ2) is 11.5. The van der Waals surface area contributed by atoms with E-state index >= 15 is 0 Å². The molecule has 7 heteroatoms. The summed E-state index contributed by atoms with van der Waals surface area (Å²) in [4.78, 5) is 31.1. The number of nitriles is 1. The van der Waals surface area contributed by atoms with Gasteiger partial charge in [-0.15, -0.1) is 0 Å². The first kappa shape index (κ1) is 23.6. The van der Waals surface area contributed by atoms with Crippen LogP contribution in [0, 0.1) is 11.3 Å². The van der Waals surface area contributed by atoms with Crippen LogP contribution in [0.25, 0.3) is 17.0 Å². The molecule has 1 fully saturated rings. The number of para-hydroxylation sites is 1. The number of carbonyl (C=O) groups is 2. The van der Waals surface area contributed by atoms with Crippen molar-refractivity contribution in [3.05, 3.63) is 42.1 Å². The Morgan fingerprint density at radius 2 is 1.91 bits per heavy atom. The van der Waals surface area contributed by atoms with E-state index in [0.29, 0.717) is 39.1 Å². The maximum absolute atomic E-state index is 12.9. The zero-order valence-corrected chi connectivity index (χ0v) is 19.2. The van der Waals surface area contributed by atoms with E-state index in [1.807, 2.05) is 60.2 Å². The number of carbonyl (C=O) groups excluding carboxylic acids is 2. The molecule has 2 amide bonds. The van der Waals surface area contributed by atoms with Gasteiger partial charge in [-0.25, -0.2) is 0 Å². The van der Waals surface area contributed by atoms with Gasteiger partial charge in [0.2, 0.25) is 11.8 Å². The van der Waals surface area contributed by atoms with Crippen molar-refractivity contribution < 1.29 is 9.59 Å². The summed E-state index contributed by atoms with van der Waals surface area (Å²) in [5.74, 6) is 0.151. The van der Waals surface area contributed by atoms with E-state index in [1.54, 1.807) is 6.08 Å². The van der Waals surface area contributed by atoms with Gasteiger partial charge in [-0.2, -0.15) is 5.26 Å². The van der Waals surface area contributed by atoms with Crippen LogP contribution < -0.4 is 0 Å². The highest BCUT2D eigenvalue weighted by Crippen LogP contribution is 2.23. The van der Waals surface area contributed by atoms with Crippen molar-refractivity contribution in [1.29, 1.82) is 5.26 Å². The average molecular weight is 436 g/mol. The molecule has 0 N–H and O–H groups in total. The van der Waals surface area contributed by atoms with Crippen LogP contribution in [-0.4, -0.2) is 76.9 Å². The van der Waals surface area contributed by atoms with Gasteiger partial charge in [-0.1, -0.05) is 18.2 Å². The zero-order chi connectivity index (χ0) is 22.9. The van der Waals surface area contributed by atoms with Gasteiger partial charge in [0.1, 0.15) is 0 Å². The van der Waals surface area contributed by atoms with Gasteiger partial charge in [0.25, 0.3) is 0 Å². The fourth-order valence-electron chi connectivity index (χ4n) is 4.25. The Morgan fingerprint density at radius 1 is 1.12 bits per heavy atom. The lowest BCUT2D eigenvalue weighted by molar-refractivity contribution is -0.132. The number of rotatable bonds is 8. The molecular weight excluding hydrogens is 402 g/mol. The Labute approximate surface area is 190 Å². The first-order valence-electron chi connectivity index (χ1n) is 11.5. The second-order valence-corrected chi connectivity index (χ2v) is 8.06. The molecule has 2 heterocycles. The molecular formula is C25H33N5O2. The molecule has 7 nitrogen and oxygen atoms in total. The SMILES string of the molecule is CCN(CC)C(=O)CN1CCCN(C(=O)C=Cc2cn(CCC#N)c3ccccc23)CC1. The lowest BCUT2D eigenvalue weighted by Crippen LogP contribution is -2.41. The highest BCUT2D eigenvalue weighted by molar-refractivity contribution is 5.96. The number of benzene rings is 1. The third-order valence-corrected chi connectivity index (χ3v) is 6.06. The summed E-state index contributed by atoms with van der Waals surface area (Å²) in [6.45, 7) is 9.36. The molecule has 0 spiro atoms. The molecule has 1 aromatic heterocycles. The number of likely N-dealkylation sites (N-methyl/N-ethyl adjacent to an activating group) is 1. The van der Waals surface area contributed by atoms with Gasteiger partial charge in [0, 0.05) is 74.6 Å². The molecule has 0 aliphatic carbocycles. The molecule has 1 aliphatic heterocycles. The summed E-state index contributed by atoms with van der Waals surface area (Å²) in [7, 11) is 0. The monoisotopic (exact) mass is 435 g/mol. The number of hydrogen-bond donors (Lipinski definition) is 0. The predicted molar refractivity (Wildman–Crippen MR) is 127 cm³/mol. The number of amides is 2. The molecule has 0 bridgehead atoms. The van der Waals surface area contributed by atoms with Crippen LogP contribution in [0.3, 0.4) is 0 Å². The number of hydrogen-bond acceptors (Lipinski definition) is 4. The van der Waals surface area contributed by atoms with E-state index in [0.717, 1.165) is 42.5 Å². The molecule has 0 atom stereocenters. The molecule has 3 rings (SSSR count). The van der Waals surface area contributed by atoms with Crippen LogP contribution >= 0.6 is 0 Å². The molecule has 0 saturated carbocycles. The van der Waals surface area contributed by atoms with Crippen molar-refractivity contribution in [2.45, 2.75) is 33.2 Å². The Morgan fingerprint density at radius 3 is 2.66 bits per heavy atom. The fraction of sp³-hybridized carbons (Fsp3) is 0.480. The van der Waals surface area contributed by atoms with Crippen LogP contribution in [0.2, 0.25) is 0 Å². The Kier molecular flexibility index (Phi) is 8.46. The summed E-state index contributed by atoms with van der Waals surface area (Å²) < 4.78 is 2.07. The molecule has 170 valence electrons. The lowest BCUT2D eigenvalue weighted by Gasteiger charge is -2.25. The van der Waals surface area contributed by atoms with Gasteiger partial charge in [-0.3, -0.25) is 14.5 Å². The van der Waals surface area contributed by atoms with E-state index in [1.165, 1.54) is 0 Å². The fourth-order valence-corrected chi connectivity index (χ4v) is 4.25. The summed E-state index contributed by atoms with van der Waals surface area (Å²) in [6.07, 6.45) is 6.84. The summed E-state index contributed by atoms with van der Waals surface area (Å²) >= 11 is 0. The van der Waals surface area contributed by atoms with Gasteiger partial charge < -0.3 is 14.4 Å². The predicted octanol–water partition coefficient (Wildman–Crippen LogP) is 2.97. The maximum atomic E-state index is 12.9. The first-order chi connectivity index (χ1) is 15.6. The standard InChI is InChI=1S/C25H33N5O2/c1-3-28(4-2)25(32)20-27-14-8-16-29(18-17-27)24(31)12-11-21-19-30(15-7-13-26)23-10-6-5-9-22(21)23/h5-6,9-12,19H,3-4,7-8,14-18,20H2,1-2H3. The van der Waals surface area contributed by atoms with Crippen molar-refractivity contribution in [1.82, 2.24) is 19.3 Å². The van der Waals surface area contributed by atoms with Gasteiger partial charge in [0.05, 0.1) is 19.0 Å². The van der Waals surface area contributed by atoms with Crippen molar-refractivity contribution in [3.63, 3.8) is 0 Å². The summed E-state index contributed by atoms with van der Waals surface area (Å²) in [6, 6.07) is 10.2. The van der Waals surface area contributed by atoms with Crippen LogP contribution in [0.15, 0.2) is 36.5 Å². The van der Waals surface area contributed by atoms with E-state index in [2.05, 4.69) is 15.5 Å². The van der Waals surface area contributed by atoms with E-state index in [4.69, 9.17) is 5.26 Å². The maximum Gasteiger partial charge on any atom is 0.246 e. The average Bonchev–Trinajstić information content (AvgIpc) is 2.98.